The van der Waals surface area contributed by atoms with Gasteiger partial charge in [0.05, 0.1) is 13.5 Å². The molecule has 1 unspecified atom stereocenters. The first-order valence-corrected chi connectivity index (χ1v) is 6.45. The van der Waals surface area contributed by atoms with Crippen LogP contribution in [0, 0.1) is 11.7 Å². The van der Waals surface area contributed by atoms with Crippen LogP contribution in [0.3, 0.4) is 0 Å². The summed E-state index contributed by atoms with van der Waals surface area (Å²) in [5, 5.41) is 2.78. The summed E-state index contributed by atoms with van der Waals surface area (Å²) >= 11 is 0. The number of rotatable bonds is 6. The van der Waals surface area contributed by atoms with Crippen molar-refractivity contribution in [1.82, 2.24) is 5.32 Å². The molecule has 104 valence electrons. The van der Waals surface area contributed by atoms with Gasteiger partial charge in [-0.15, -0.1) is 0 Å². The van der Waals surface area contributed by atoms with Crippen molar-refractivity contribution >= 4 is 5.91 Å². The Bertz CT molecular complexity index is 461. The standard InChI is InChI=1S/C14H19FN2O2/c1-19-13-5-2-9(6-11(13)15)7-14(18)17-8-12(16)10-3-4-10/h2,5-6,10,12H,3-4,7-8,16H2,1H3,(H,17,18). The lowest BCUT2D eigenvalue weighted by Crippen LogP contribution is -2.39. The molecular weight excluding hydrogens is 247 g/mol. The average Bonchev–Trinajstić information content (AvgIpc) is 3.20. The maximum atomic E-state index is 13.5. The Hall–Kier alpha value is -1.62. The number of carbonyl (C=O) groups is 1. The van der Waals surface area contributed by atoms with Gasteiger partial charge < -0.3 is 15.8 Å². The van der Waals surface area contributed by atoms with E-state index in [0.29, 0.717) is 18.0 Å². The maximum absolute atomic E-state index is 13.5. The fourth-order valence-electron chi connectivity index (χ4n) is 1.99. The minimum atomic E-state index is -0.456. The second-order valence-corrected chi connectivity index (χ2v) is 4.95. The summed E-state index contributed by atoms with van der Waals surface area (Å²) in [6, 6.07) is 4.56. The Balaban J connectivity index is 1.82. The quantitative estimate of drug-likeness (QED) is 0.814. The molecular formula is C14H19FN2O2. The zero-order valence-corrected chi connectivity index (χ0v) is 11.0. The lowest BCUT2D eigenvalue weighted by molar-refractivity contribution is -0.120. The lowest BCUT2D eigenvalue weighted by Gasteiger charge is -2.11. The number of methoxy groups -OCH3 is 1. The van der Waals surface area contributed by atoms with Crippen LogP contribution in [0.2, 0.25) is 0 Å². The monoisotopic (exact) mass is 266 g/mol. The van der Waals surface area contributed by atoms with Crippen LogP contribution in [0.4, 0.5) is 4.39 Å². The first-order chi connectivity index (χ1) is 9.10. The molecule has 2 rings (SSSR count). The zero-order chi connectivity index (χ0) is 13.8. The molecule has 0 aliphatic heterocycles. The second-order valence-electron chi connectivity index (χ2n) is 4.95. The summed E-state index contributed by atoms with van der Waals surface area (Å²) in [4.78, 5) is 11.7. The summed E-state index contributed by atoms with van der Waals surface area (Å²) in [6.45, 7) is 0.488. The summed E-state index contributed by atoms with van der Waals surface area (Å²) < 4.78 is 18.3. The highest BCUT2D eigenvalue weighted by molar-refractivity contribution is 5.78. The zero-order valence-electron chi connectivity index (χ0n) is 11.0. The van der Waals surface area contributed by atoms with Gasteiger partial charge in [-0.25, -0.2) is 4.39 Å². The van der Waals surface area contributed by atoms with Gasteiger partial charge in [-0.1, -0.05) is 6.07 Å². The molecule has 1 fully saturated rings. The highest BCUT2D eigenvalue weighted by Gasteiger charge is 2.28. The Kier molecular flexibility index (Phi) is 4.37. The van der Waals surface area contributed by atoms with Crippen molar-refractivity contribution in [2.45, 2.75) is 25.3 Å². The van der Waals surface area contributed by atoms with Gasteiger partial charge in [-0.3, -0.25) is 4.79 Å². The number of hydrogen-bond acceptors (Lipinski definition) is 3. The van der Waals surface area contributed by atoms with Crippen molar-refractivity contribution < 1.29 is 13.9 Å². The van der Waals surface area contributed by atoms with Crippen LogP contribution in [0.15, 0.2) is 18.2 Å². The minimum absolute atomic E-state index is 0.0385. The van der Waals surface area contributed by atoms with Gasteiger partial charge in [0.25, 0.3) is 0 Å². The third-order valence-electron chi connectivity index (χ3n) is 3.34. The van der Waals surface area contributed by atoms with E-state index < -0.39 is 5.82 Å². The summed E-state index contributed by atoms with van der Waals surface area (Å²) in [6.07, 6.45) is 2.46. The third-order valence-corrected chi connectivity index (χ3v) is 3.34. The molecule has 1 atom stereocenters. The van der Waals surface area contributed by atoms with E-state index in [2.05, 4.69) is 5.32 Å². The van der Waals surface area contributed by atoms with Crippen LogP contribution in [-0.4, -0.2) is 25.6 Å². The summed E-state index contributed by atoms with van der Waals surface area (Å²) in [5.74, 6) is 0.141. The van der Waals surface area contributed by atoms with Gasteiger partial charge in [0, 0.05) is 12.6 Å². The normalized spacial score (nSPS) is 15.9. The van der Waals surface area contributed by atoms with Gasteiger partial charge in [-0.2, -0.15) is 0 Å². The van der Waals surface area contributed by atoms with Crippen molar-refractivity contribution in [2.75, 3.05) is 13.7 Å². The van der Waals surface area contributed by atoms with Gasteiger partial charge in [0.15, 0.2) is 11.6 Å². The van der Waals surface area contributed by atoms with Crippen LogP contribution in [0.5, 0.6) is 5.75 Å². The molecule has 0 spiro atoms. The SMILES string of the molecule is COc1ccc(CC(=O)NCC(N)C2CC2)cc1F. The van der Waals surface area contributed by atoms with E-state index in [-0.39, 0.29) is 24.1 Å². The molecule has 0 radical (unpaired) electrons. The van der Waals surface area contributed by atoms with Gasteiger partial charge in [0.1, 0.15) is 0 Å². The number of ether oxygens (including phenoxy) is 1. The Labute approximate surface area is 112 Å². The molecule has 0 aromatic heterocycles. The van der Waals surface area contributed by atoms with Crippen LogP contribution < -0.4 is 15.8 Å². The van der Waals surface area contributed by atoms with E-state index in [1.54, 1.807) is 6.07 Å². The number of halogens is 1. The van der Waals surface area contributed by atoms with E-state index in [1.165, 1.54) is 19.2 Å². The summed E-state index contributed by atoms with van der Waals surface area (Å²) in [5.41, 5.74) is 6.51. The van der Waals surface area contributed by atoms with Gasteiger partial charge in [0.2, 0.25) is 5.91 Å². The Morgan fingerprint density at radius 3 is 2.89 bits per heavy atom. The van der Waals surface area contributed by atoms with Crippen LogP contribution in [-0.2, 0) is 11.2 Å². The molecule has 1 aliphatic rings. The Morgan fingerprint density at radius 2 is 2.32 bits per heavy atom. The average molecular weight is 266 g/mol. The maximum Gasteiger partial charge on any atom is 0.224 e. The van der Waals surface area contributed by atoms with E-state index in [1.807, 2.05) is 0 Å². The highest BCUT2D eigenvalue weighted by Crippen LogP contribution is 2.31. The van der Waals surface area contributed by atoms with Crippen molar-refractivity contribution in [2.24, 2.45) is 11.7 Å². The number of nitrogens with one attached hydrogen (secondary N) is 1. The first kappa shape index (κ1) is 13.8. The second kappa shape index (κ2) is 6.02. The molecule has 19 heavy (non-hydrogen) atoms. The predicted octanol–water partition coefficient (Wildman–Crippen LogP) is 1.23. The molecule has 3 N–H and O–H groups in total. The molecule has 1 aromatic rings. The van der Waals surface area contributed by atoms with Gasteiger partial charge >= 0.3 is 0 Å². The van der Waals surface area contributed by atoms with Crippen molar-refractivity contribution in [3.05, 3.63) is 29.6 Å². The first-order valence-electron chi connectivity index (χ1n) is 6.45. The predicted molar refractivity (Wildman–Crippen MR) is 70.4 cm³/mol. The number of nitrogens with two attached hydrogens (primary N) is 1. The van der Waals surface area contributed by atoms with E-state index in [0.717, 1.165) is 12.8 Å². The number of amides is 1. The molecule has 0 bridgehead atoms. The van der Waals surface area contributed by atoms with E-state index in [4.69, 9.17) is 10.5 Å². The molecule has 1 aliphatic carbocycles. The number of hydrogen-bond donors (Lipinski definition) is 2. The number of benzene rings is 1. The van der Waals surface area contributed by atoms with Crippen LogP contribution in [0.25, 0.3) is 0 Å². The lowest BCUT2D eigenvalue weighted by atomic mass is 10.1. The highest BCUT2D eigenvalue weighted by atomic mass is 19.1. The van der Waals surface area contributed by atoms with Crippen LogP contribution >= 0.6 is 0 Å². The van der Waals surface area contributed by atoms with Crippen LogP contribution in [0.1, 0.15) is 18.4 Å². The molecule has 1 aromatic carbocycles. The van der Waals surface area contributed by atoms with Gasteiger partial charge in [-0.05, 0) is 36.5 Å². The van der Waals surface area contributed by atoms with Crippen molar-refractivity contribution in [3.63, 3.8) is 0 Å². The van der Waals surface area contributed by atoms with E-state index >= 15 is 0 Å². The fourth-order valence-corrected chi connectivity index (χ4v) is 1.99. The molecule has 0 heterocycles. The molecule has 4 nitrogen and oxygen atoms in total. The van der Waals surface area contributed by atoms with Crippen molar-refractivity contribution in [1.29, 1.82) is 0 Å². The molecule has 0 saturated heterocycles. The topological polar surface area (TPSA) is 64.3 Å². The molecule has 1 saturated carbocycles. The molecule has 5 heteroatoms. The smallest absolute Gasteiger partial charge is 0.224 e. The third kappa shape index (κ3) is 3.92. The van der Waals surface area contributed by atoms with Crippen molar-refractivity contribution in [3.8, 4) is 5.75 Å². The number of carbonyl (C=O) groups excluding carboxylic acids is 1. The molecule has 1 amide bonds. The minimum Gasteiger partial charge on any atom is -0.494 e. The fraction of sp³-hybridized carbons (Fsp3) is 0.500. The largest absolute Gasteiger partial charge is 0.494 e. The summed E-state index contributed by atoms with van der Waals surface area (Å²) in [7, 11) is 1.41. The van der Waals surface area contributed by atoms with E-state index in [9.17, 15) is 9.18 Å². The Morgan fingerprint density at radius 1 is 1.58 bits per heavy atom.